The van der Waals surface area contributed by atoms with Gasteiger partial charge in [-0.2, -0.15) is 8.78 Å². The number of carbonyl (C=O) groups is 2. The molecule has 1 aliphatic heterocycles. The molecule has 0 bridgehead atoms. The predicted molar refractivity (Wildman–Crippen MR) is 140 cm³/mol. The minimum absolute atomic E-state index is 0.0263. The molecule has 2 amide bonds. The fourth-order valence-corrected chi connectivity index (χ4v) is 4.92. The van der Waals surface area contributed by atoms with Crippen molar-refractivity contribution in [1.29, 1.82) is 0 Å². The maximum atomic E-state index is 15.3. The number of nitrogens with zero attached hydrogens (tertiary/aromatic N) is 2. The molecule has 2 heterocycles. The molecule has 41 heavy (non-hydrogen) atoms. The van der Waals surface area contributed by atoms with Crippen LogP contribution in [0.2, 0.25) is 0 Å². The number of methoxy groups -OCH3 is 2. The first-order chi connectivity index (χ1) is 19.6. The molecule has 0 saturated carbocycles. The maximum Gasteiger partial charge on any atom is 0.387 e. The zero-order valence-electron chi connectivity index (χ0n) is 22.3. The number of pyridine rings is 1. The highest BCUT2D eigenvalue weighted by molar-refractivity contribution is 6.05. The van der Waals surface area contributed by atoms with Crippen molar-refractivity contribution in [2.45, 2.75) is 38.1 Å². The first-order valence-electron chi connectivity index (χ1n) is 12.5. The van der Waals surface area contributed by atoms with Gasteiger partial charge in [-0.15, -0.1) is 0 Å². The van der Waals surface area contributed by atoms with Gasteiger partial charge in [0.05, 0.1) is 13.7 Å². The average Bonchev–Trinajstić information content (AvgIpc) is 3.16. The van der Waals surface area contributed by atoms with Gasteiger partial charge < -0.3 is 29.0 Å². The maximum absolute atomic E-state index is 15.3. The van der Waals surface area contributed by atoms with E-state index in [0.717, 1.165) is 29.2 Å². The first kappa shape index (κ1) is 29.6. The SMILES string of the molecule is COCCn1cccc(N2C(=O)[C@@H](NC(=O)c3ccc(OC(F)F)cc3)[C@H](c3c(F)cc(OC)cc3F)[C@@H]2C)c1=O. The highest BCUT2D eigenvalue weighted by atomic mass is 19.3. The van der Waals surface area contributed by atoms with Crippen molar-refractivity contribution in [3.05, 3.63) is 87.8 Å². The Labute approximate surface area is 232 Å². The van der Waals surface area contributed by atoms with E-state index < -0.39 is 59.2 Å². The summed E-state index contributed by atoms with van der Waals surface area (Å²) in [6, 6.07) is 7.05. The van der Waals surface area contributed by atoms with Crippen molar-refractivity contribution in [2.24, 2.45) is 0 Å². The number of anilines is 1. The zero-order chi connectivity index (χ0) is 29.8. The number of hydrogen-bond acceptors (Lipinski definition) is 6. The van der Waals surface area contributed by atoms with Gasteiger partial charge in [0.25, 0.3) is 17.4 Å². The Morgan fingerprint density at radius 2 is 1.68 bits per heavy atom. The summed E-state index contributed by atoms with van der Waals surface area (Å²) in [7, 11) is 2.71. The topological polar surface area (TPSA) is 99.1 Å². The third kappa shape index (κ3) is 6.04. The number of aromatic nitrogens is 1. The van der Waals surface area contributed by atoms with Crippen LogP contribution in [-0.4, -0.2) is 55.9 Å². The molecule has 1 fully saturated rings. The van der Waals surface area contributed by atoms with Crippen LogP contribution < -0.4 is 25.2 Å². The smallest absolute Gasteiger partial charge is 0.387 e. The number of amides is 2. The standard InChI is InChI=1S/C28H27F4N3O6/c1-15-22(23-19(29)13-18(40-3)14-20(23)30)24(33-25(36)16-6-8-17(9-7-16)41-28(31)32)27(38)35(15)21-5-4-10-34(26(21)37)11-12-39-2/h4-10,13-15,22,24,28H,11-12H2,1-3H3,(H,33,36)/t15-,22-,24-/m0/s1. The monoisotopic (exact) mass is 577 g/mol. The third-order valence-electron chi connectivity index (χ3n) is 6.84. The van der Waals surface area contributed by atoms with Crippen LogP contribution in [0.4, 0.5) is 23.2 Å². The molecular weight excluding hydrogens is 550 g/mol. The van der Waals surface area contributed by atoms with Crippen molar-refractivity contribution in [3.63, 3.8) is 0 Å². The lowest BCUT2D eigenvalue weighted by Gasteiger charge is -2.26. The summed E-state index contributed by atoms with van der Waals surface area (Å²) in [4.78, 5) is 41.4. The number of hydrogen-bond donors (Lipinski definition) is 1. The van der Waals surface area contributed by atoms with E-state index in [9.17, 15) is 23.2 Å². The quantitative estimate of drug-likeness (QED) is 0.369. The Kier molecular flexibility index (Phi) is 8.96. The van der Waals surface area contributed by atoms with Crippen LogP contribution in [-0.2, 0) is 16.1 Å². The number of carbonyl (C=O) groups excluding carboxylic acids is 2. The lowest BCUT2D eigenvalue weighted by molar-refractivity contribution is -0.118. The Bertz CT molecular complexity index is 1460. The summed E-state index contributed by atoms with van der Waals surface area (Å²) in [6.07, 6.45) is 1.51. The van der Waals surface area contributed by atoms with Crippen LogP contribution in [0, 0.1) is 11.6 Å². The molecule has 0 spiro atoms. The van der Waals surface area contributed by atoms with E-state index in [4.69, 9.17) is 9.47 Å². The molecule has 13 heteroatoms. The number of alkyl halides is 2. The van der Waals surface area contributed by atoms with Crippen LogP contribution in [0.5, 0.6) is 11.5 Å². The highest BCUT2D eigenvalue weighted by Gasteiger charge is 2.50. The number of nitrogens with one attached hydrogen (secondary N) is 1. The van der Waals surface area contributed by atoms with E-state index in [1.165, 1.54) is 50.1 Å². The summed E-state index contributed by atoms with van der Waals surface area (Å²) < 4.78 is 71.2. The molecule has 3 atom stereocenters. The second-order valence-electron chi connectivity index (χ2n) is 9.22. The minimum Gasteiger partial charge on any atom is -0.497 e. The van der Waals surface area contributed by atoms with E-state index in [0.29, 0.717) is 0 Å². The fraction of sp³-hybridized carbons (Fsp3) is 0.321. The summed E-state index contributed by atoms with van der Waals surface area (Å²) >= 11 is 0. The number of benzene rings is 2. The van der Waals surface area contributed by atoms with Gasteiger partial charge in [-0.3, -0.25) is 14.4 Å². The van der Waals surface area contributed by atoms with Crippen molar-refractivity contribution >= 4 is 17.5 Å². The Morgan fingerprint density at radius 1 is 1.02 bits per heavy atom. The van der Waals surface area contributed by atoms with E-state index in [1.807, 2.05) is 0 Å². The van der Waals surface area contributed by atoms with Crippen LogP contribution in [0.1, 0.15) is 28.8 Å². The van der Waals surface area contributed by atoms with Gasteiger partial charge >= 0.3 is 6.61 Å². The molecule has 4 rings (SSSR count). The number of rotatable bonds is 10. The van der Waals surface area contributed by atoms with Gasteiger partial charge in [0.1, 0.15) is 34.9 Å². The summed E-state index contributed by atoms with van der Waals surface area (Å²) in [6.45, 7) is -1.14. The van der Waals surface area contributed by atoms with E-state index in [-0.39, 0.29) is 35.9 Å². The molecule has 1 aromatic heterocycles. The number of ether oxygens (including phenoxy) is 3. The average molecular weight is 578 g/mol. The predicted octanol–water partition coefficient (Wildman–Crippen LogP) is 3.70. The summed E-state index contributed by atoms with van der Waals surface area (Å²) in [5.74, 6) is -5.16. The van der Waals surface area contributed by atoms with Gasteiger partial charge in [-0.1, -0.05) is 0 Å². The molecular formula is C28H27F4N3O6. The van der Waals surface area contributed by atoms with Gasteiger partial charge in [-0.05, 0) is 43.3 Å². The van der Waals surface area contributed by atoms with Crippen LogP contribution in [0.25, 0.3) is 0 Å². The van der Waals surface area contributed by atoms with Crippen molar-refractivity contribution < 1.29 is 41.4 Å². The Hall–Kier alpha value is -4.39. The fourth-order valence-electron chi connectivity index (χ4n) is 4.92. The third-order valence-corrected chi connectivity index (χ3v) is 6.84. The van der Waals surface area contributed by atoms with Gasteiger partial charge in [0.2, 0.25) is 0 Å². The molecule has 2 aromatic carbocycles. The Morgan fingerprint density at radius 3 is 2.27 bits per heavy atom. The molecule has 1 saturated heterocycles. The molecule has 0 aliphatic carbocycles. The van der Waals surface area contributed by atoms with Gasteiger partial charge in [-0.25, -0.2) is 8.78 Å². The second kappa shape index (κ2) is 12.4. The van der Waals surface area contributed by atoms with E-state index >= 15 is 8.78 Å². The normalized spacial score (nSPS) is 18.6. The molecule has 1 aliphatic rings. The van der Waals surface area contributed by atoms with E-state index in [2.05, 4.69) is 10.1 Å². The molecule has 0 unspecified atom stereocenters. The molecule has 9 nitrogen and oxygen atoms in total. The zero-order valence-corrected chi connectivity index (χ0v) is 22.3. The van der Waals surface area contributed by atoms with E-state index in [1.54, 1.807) is 6.07 Å². The number of halogens is 4. The first-order valence-corrected chi connectivity index (χ1v) is 12.5. The lowest BCUT2D eigenvalue weighted by Crippen LogP contribution is -2.44. The summed E-state index contributed by atoms with van der Waals surface area (Å²) in [5, 5.41) is 2.52. The molecule has 218 valence electrons. The summed E-state index contributed by atoms with van der Waals surface area (Å²) in [5.41, 5.74) is -1.09. The van der Waals surface area contributed by atoms with Crippen molar-refractivity contribution in [1.82, 2.24) is 9.88 Å². The van der Waals surface area contributed by atoms with Crippen LogP contribution in [0.3, 0.4) is 0 Å². The lowest BCUT2D eigenvalue weighted by atomic mass is 9.87. The van der Waals surface area contributed by atoms with Crippen LogP contribution >= 0.6 is 0 Å². The van der Waals surface area contributed by atoms with Crippen LogP contribution in [0.15, 0.2) is 59.5 Å². The Balaban J connectivity index is 1.76. The molecule has 3 aromatic rings. The van der Waals surface area contributed by atoms with Gasteiger partial charge in [0, 0.05) is 55.1 Å². The largest absolute Gasteiger partial charge is 0.497 e. The highest BCUT2D eigenvalue weighted by Crippen LogP contribution is 2.40. The molecule has 1 N–H and O–H groups in total. The second-order valence-corrected chi connectivity index (χ2v) is 9.22. The van der Waals surface area contributed by atoms with Crippen molar-refractivity contribution in [2.75, 3.05) is 25.7 Å². The minimum atomic E-state index is -3.06. The van der Waals surface area contributed by atoms with Crippen molar-refractivity contribution in [3.8, 4) is 11.5 Å². The van der Waals surface area contributed by atoms with Gasteiger partial charge in [0.15, 0.2) is 0 Å². The molecule has 0 radical (unpaired) electrons.